The number of carbonyl (C=O) groups is 2. The molecule has 0 bridgehead atoms. The Morgan fingerprint density at radius 2 is 2.00 bits per heavy atom. The molecule has 2 N–H and O–H groups in total. The lowest BCUT2D eigenvalue weighted by Crippen LogP contribution is -2.51. The summed E-state index contributed by atoms with van der Waals surface area (Å²) in [6.45, 7) is 2.68. The maximum absolute atomic E-state index is 12.5. The summed E-state index contributed by atoms with van der Waals surface area (Å²) in [5.41, 5.74) is 1.11. The normalized spacial score (nSPS) is 15.5. The zero-order valence-electron chi connectivity index (χ0n) is 13.7. The highest BCUT2D eigenvalue weighted by molar-refractivity contribution is 5.75. The quantitative estimate of drug-likeness (QED) is 0.774. The number of hydrogen-bond acceptors (Lipinski definition) is 2. The first-order chi connectivity index (χ1) is 11.1. The van der Waals surface area contributed by atoms with Gasteiger partial charge in [0, 0.05) is 25.0 Å². The van der Waals surface area contributed by atoms with E-state index in [4.69, 9.17) is 5.11 Å². The monoisotopic (exact) mass is 318 g/mol. The summed E-state index contributed by atoms with van der Waals surface area (Å²) in [5, 5.41) is 12.0. The summed E-state index contributed by atoms with van der Waals surface area (Å²) < 4.78 is 0. The number of urea groups is 1. The Morgan fingerprint density at radius 3 is 2.52 bits per heavy atom. The van der Waals surface area contributed by atoms with Crippen LogP contribution in [0.15, 0.2) is 30.3 Å². The van der Waals surface area contributed by atoms with Crippen LogP contribution >= 0.6 is 0 Å². The summed E-state index contributed by atoms with van der Waals surface area (Å²) >= 11 is 0. The molecule has 0 heterocycles. The van der Waals surface area contributed by atoms with Gasteiger partial charge in [0.1, 0.15) is 0 Å². The van der Waals surface area contributed by atoms with Crippen LogP contribution < -0.4 is 5.32 Å². The minimum Gasteiger partial charge on any atom is -0.481 e. The Balaban J connectivity index is 1.97. The SMILES string of the molecule is CCN(C(=O)NC(CCC(=O)O)Cc1ccccc1)C1CCC1. The van der Waals surface area contributed by atoms with Gasteiger partial charge in [-0.3, -0.25) is 4.79 Å². The van der Waals surface area contributed by atoms with Gasteiger partial charge in [-0.1, -0.05) is 30.3 Å². The second-order valence-electron chi connectivity index (χ2n) is 6.14. The van der Waals surface area contributed by atoms with Crippen molar-refractivity contribution in [2.75, 3.05) is 6.54 Å². The van der Waals surface area contributed by atoms with Gasteiger partial charge in [0.05, 0.1) is 0 Å². The molecule has 0 aromatic heterocycles. The van der Waals surface area contributed by atoms with E-state index >= 15 is 0 Å². The van der Waals surface area contributed by atoms with Crippen LogP contribution in [0.2, 0.25) is 0 Å². The first-order valence-corrected chi connectivity index (χ1v) is 8.43. The summed E-state index contributed by atoms with van der Waals surface area (Å²) in [4.78, 5) is 25.3. The van der Waals surface area contributed by atoms with Gasteiger partial charge in [0.15, 0.2) is 0 Å². The third kappa shape index (κ3) is 5.27. The predicted molar refractivity (Wildman–Crippen MR) is 89.4 cm³/mol. The first-order valence-electron chi connectivity index (χ1n) is 8.43. The molecule has 1 aliphatic carbocycles. The van der Waals surface area contributed by atoms with E-state index in [2.05, 4.69) is 5.32 Å². The number of rotatable bonds is 8. The van der Waals surface area contributed by atoms with Crippen molar-refractivity contribution in [3.63, 3.8) is 0 Å². The molecule has 5 nitrogen and oxygen atoms in total. The fraction of sp³-hybridized carbons (Fsp3) is 0.556. The average Bonchev–Trinajstić information content (AvgIpc) is 2.49. The standard InChI is InChI=1S/C18H26N2O3/c1-2-20(16-9-6-10-16)18(23)19-15(11-12-17(21)22)13-14-7-4-3-5-8-14/h3-5,7-8,15-16H,2,6,9-13H2,1H3,(H,19,23)(H,21,22). The topological polar surface area (TPSA) is 69.6 Å². The van der Waals surface area contributed by atoms with E-state index < -0.39 is 5.97 Å². The molecule has 5 heteroatoms. The number of carboxylic acids is 1. The van der Waals surface area contributed by atoms with Crippen LogP contribution in [0, 0.1) is 0 Å². The van der Waals surface area contributed by atoms with Crippen molar-refractivity contribution in [2.45, 2.75) is 57.5 Å². The van der Waals surface area contributed by atoms with Crippen LogP contribution in [0.4, 0.5) is 4.79 Å². The number of carbonyl (C=O) groups excluding carboxylic acids is 1. The molecule has 1 aromatic carbocycles. The van der Waals surface area contributed by atoms with E-state index in [1.807, 2.05) is 42.2 Å². The van der Waals surface area contributed by atoms with Crippen LogP contribution in [-0.2, 0) is 11.2 Å². The molecular weight excluding hydrogens is 292 g/mol. The molecule has 1 aromatic rings. The van der Waals surface area contributed by atoms with Gasteiger partial charge in [-0.2, -0.15) is 0 Å². The average molecular weight is 318 g/mol. The van der Waals surface area contributed by atoms with Crippen molar-refractivity contribution in [1.82, 2.24) is 10.2 Å². The molecule has 126 valence electrons. The smallest absolute Gasteiger partial charge is 0.317 e. The second-order valence-corrected chi connectivity index (χ2v) is 6.14. The Labute approximate surface area is 137 Å². The predicted octanol–water partition coefficient (Wildman–Crippen LogP) is 3.05. The molecule has 0 saturated heterocycles. The number of hydrogen-bond donors (Lipinski definition) is 2. The van der Waals surface area contributed by atoms with E-state index in [9.17, 15) is 9.59 Å². The molecule has 2 rings (SSSR count). The van der Waals surface area contributed by atoms with Gasteiger partial charge >= 0.3 is 12.0 Å². The Morgan fingerprint density at radius 1 is 1.30 bits per heavy atom. The lowest BCUT2D eigenvalue weighted by atomic mass is 9.91. The van der Waals surface area contributed by atoms with E-state index in [1.54, 1.807) is 0 Å². The lowest BCUT2D eigenvalue weighted by molar-refractivity contribution is -0.137. The summed E-state index contributed by atoms with van der Waals surface area (Å²) in [7, 11) is 0. The number of amides is 2. The highest BCUT2D eigenvalue weighted by Gasteiger charge is 2.28. The van der Waals surface area contributed by atoms with E-state index in [0.717, 1.165) is 18.4 Å². The number of nitrogens with zero attached hydrogens (tertiary/aromatic N) is 1. The minimum atomic E-state index is -0.830. The molecule has 1 fully saturated rings. The third-order valence-electron chi connectivity index (χ3n) is 4.48. The van der Waals surface area contributed by atoms with Crippen LogP contribution in [0.1, 0.15) is 44.6 Å². The van der Waals surface area contributed by atoms with Gasteiger partial charge in [-0.05, 0) is 44.6 Å². The van der Waals surface area contributed by atoms with Gasteiger partial charge in [0.2, 0.25) is 0 Å². The molecule has 1 aliphatic rings. The van der Waals surface area contributed by atoms with Crippen LogP contribution in [0.25, 0.3) is 0 Å². The van der Waals surface area contributed by atoms with Crippen molar-refractivity contribution in [1.29, 1.82) is 0 Å². The second kappa shape index (κ2) is 8.56. The van der Waals surface area contributed by atoms with E-state index in [1.165, 1.54) is 6.42 Å². The number of aliphatic carboxylic acids is 1. The van der Waals surface area contributed by atoms with Gasteiger partial charge in [-0.25, -0.2) is 4.79 Å². The Kier molecular flexibility index (Phi) is 6.44. The van der Waals surface area contributed by atoms with Crippen LogP contribution in [-0.4, -0.2) is 40.6 Å². The number of carboxylic acid groups (broad SMARTS) is 1. The maximum atomic E-state index is 12.5. The highest BCUT2D eigenvalue weighted by atomic mass is 16.4. The van der Waals surface area contributed by atoms with Gasteiger partial charge in [0.25, 0.3) is 0 Å². The highest BCUT2D eigenvalue weighted by Crippen LogP contribution is 2.24. The molecule has 0 aliphatic heterocycles. The molecular formula is C18H26N2O3. The zero-order valence-corrected chi connectivity index (χ0v) is 13.7. The minimum absolute atomic E-state index is 0.0628. The molecule has 1 saturated carbocycles. The summed E-state index contributed by atoms with van der Waals surface area (Å²) in [6, 6.07) is 9.99. The molecule has 2 amide bonds. The molecule has 1 atom stereocenters. The van der Waals surface area contributed by atoms with Crippen molar-refractivity contribution in [2.24, 2.45) is 0 Å². The van der Waals surface area contributed by atoms with Crippen LogP contribution in [0.5, 0.6) is 0 Å². The summed E-state index contributed by atoms with van der Waals surface area (Å²) in [6.07, 6.45) is 4.48. The lowest BCUT2D eigenvalue weighted by Gasteiger charge is -2.37. The Bertz CT molecular complexity index is 514. The molecule has 0 radical (unpaired) electrons. The van der Waals surface area contributed by atoms with Crippen molar-refractivity contribution in [3.8, 4) is 0 Å². The molecule has 1 unspecified atom stereocenters. The van der Waals surface area contributed by atoms with Crippen LogP contribution in [0.3, 0.4) is 0 Å². The Hall–Kier alpha value is -2.04. The number of benzene rings is 1. The van der Waals surface area contributed by atoms with E-state index in [0.29, 0.717) is 25.4 Å². The van der Waals surface area contributed by atoms with Crippen molar-refractivity contribution in [3.05, 3.63) is 35.9 Å². The van der Waals surface area contributed by atoms with Gasteiger partial charge in [-0.15, -0.1) is 0 Å². The largest absolute Gasteiger partial charge is 0.481 e. The third-order valence-corrected chi connectivity index (χ3v) is 4.48. The van der Waals surface area contributed by atoms with Crippen molar-refractivity contribution >= 4 is 12.0 Å². The fourth-order valence-corrected chi connectivity index (χ4v) is 2.95. The molecule has 0 spiro atoms. The summed E-state index contributed by atoms with van der Waals surface area (Å²) in [5.74, 6) is -0.830. The van der Waals surface area contributed by atoms with E-state index in [-0.39, 0.29) is 18.5 Å². The van der Waals surface area contributed by atoms with Crippen molar-refractivity contribution < 1.29 is 14.7 Å². The molecule has 23 heavy (non-hydrogen) atoms. The maximum Gasteiger partial charge on any atom is 0.317 e. The fourth-order valence-electron chi connectivity index (χ4n) is 2.95. The van der Waals surface area contributed by atoms with Gasteiger partial charge < -0.3 is 15.3 Å². The first kappa shape index (κ1) is 17.3. The zero-order chi connectivity index (χ0) is 16.7. The number of nitrogens with one attached hydrogen (secondary N) is 1.